The minimum atomic E-state index is -0.402. The number of hydrogen-bond donors (Lipinski definition) is 1. The Labute approximate surface area is 78.0 Å². The normalized spacial score (nSPS) is 36.3. The highest BCUT2D eigenvalue weighted by Crippen LogP contribution is 2.45. The van der Waals surface area contributed by atoms with Crippen molar-refractivity contribution in [1.82, 2.24) is 4.90 Å². The Kier molecular flexibility index (Phi) is 1.61. The third-order valence-electron chi connectivity index (χ3n) is 2.58. The molecule has 1 aliphatic carbocycles. The van der Waals surface area contributed by atoms with Crippen molar-refractivity contribution in [3.05, 3.63) is 0 Å². The first-order chi connectivity index (χ1) is 5.90. The molecule has 2 N–H and O–H groups in total. The Hall–Kier alpha value is -0.770. The Bertz CT molecular complexity index is 242. The third kappa shape index (κ3) is 1.39. The van der Waals surface area contributed by atoms with E-state index in [-0.39, 0.29) is 18.2 Å². The molecule has 2 fully saturated rings. The average molecular weight is 184 g/mol. The van der Waals surface area contributed by atoms with Crippen LogP contribution in [-0.2, 0) is 4.74 Å². The summed E-state index contributed by atoms with van der Waals surface area (Å²) in [5.74, 6) is 0.549. The van der Waals surface area contributed by atoms with Crippen LogP contribution in [0.25, 0.3) is 0 Å². The fourth-order valence-corrected chi connectivity index (χ4v) is 1.78. The molecular weight excluding hydrogens is 168 g/mol. The topological polar surface area (TPSA) is 55.6 Å². The Balaban J connectivity index is 1.86. The maximum absolute atomic E-state index is 11.5. The smallest absolute Gasteiger partial charge is 0.410 e. The molecule has 0 unspecified atom stereocenters. The summed E-state index contributed by atoms with van der Waals surface area (Å²) in [6.45, 7) is 6.39. The van der Waals surface area contributed by atoms with Gasteiger partial charge in [0.25, 0.3) is 0 Å². The van der Waals surface area contributed by atoms with Crippen molar-refractivity contribution in [1.29, 1.82) is 0 Å². The molecule has 0 radical (unpaired) electrons. The van der Waals surface area contributed by atoms with Crippen LogP contribution in [0.4, 0.5) is 4.79 Å². The standard InChI is InChI=1S/C9H16N2O2/c1-9(2,3)13-8(12)11-4-5-6(10)7(5)11/h5-7H,4,10H2,1-3H3/t5-,6-,7-/m1/s1. The fraction of sp³-hybridized carbons (Fsp3) is 0.889. The highest BCUT2D eigenvalue weighted by molar-refractivity contribution is 5.71. The second kappa shape index (κ2) is 2.38. The van der Waals surface area contributed by atoms with E-state index < -0.39 is 5.60 Å². The van der Waals surface area contributed by atoms with Gasteiger partial charge in [0.1, 0.15) is 5.60 Å². The molecule has 1 saturated heterocycles. The number of hydrogen-bond acceptors (Lipinski definition) is 3. The van der Waals surface area contributed by atoms with Crippen molar-refractivity contribution in [2.75, 3.05) is 6.54 Å². The van der Waals surface area contributed by atoms with Crippen LogP contribution in [0.15, 0.2) is 0 Å². The Morgan fingerprint density at radius 1 is 1.54 bits per heavy atom. The molecule has 74 valence electrons. The number of likely N-dealkylation sites (tertiary alicyclic amines) is 1. The van der Waals surface area contributed by atoms with Gasteiger partial charge in [-0.15, -0.1) is 0 Å². The molecule has 0 bridgehead atoms. The minimum absolute atomic E-state index is 0.201. The van der Waals surface area contributed by atoms with E-state index in [0.29, 0.717) is 5.92 Å². The van der Waals surface area contributed by atoms with Crippen molar-refractivity contribution in [3.63, 3.8) is 0 Å². The zero-order valence-corrected chi connectivity index (χ0v) is 8.28. The molecule has 2 rings (SSSR count). The van der Waals surface area contributed by atoms with E-state index in [2.05, 4.69) is 0 Å². The average Bonchev–Trinajstić information content (AvgIpc) is 2.24. The number of carbonyl (C=O) groups excluding carboxylic acids is 1. The first-order valence-corrected chi connectivity index (χ1v) is 4.65. The lowest BCUT2D eigenvalue weighted by Gasteiger charge is -2.32. The summed E-state index contributed by atoms with van der Waals surface area (Å²) in [4.78, 5) is 13.2. The maximum atomic E-state index is 11.5. The maximum Gasteiger partial charge on any atom is 0.410 e. The third-order valence-corrected chi connectivity index (χ3v) is 2.58. The number of fused-ring (bicyclic) bond motifs is 1. The molecule has 0 aromatic heterocycles. The highest BCUT2D eigenvalue weighted by atomic mass is 16.6. The van der Waals surface area contributed by atoms with E-state index in [1.165, 1.54) is 0 Å². The minimum Gasteiger partial charge on any atom is -0.444 e. The zero-order chi connectivity index (χ0) is 9.80. The van der Waals surface area contributed by atoms with Crippen LogP contribution in [0.1, 0.15) is 20.8 Å². The van der Waals surface area contributed by atoms with Gasteiger partial charge >= 0.3 is 6.09 Å². The van der Waals surface area contributed by atoms with E-state index in [4.69, 9.17) is 10.5 Å². The molecule has 3 atom stereocenters. The first kappa shape index (κ1) is 8.81. The van der Waals surface area contributed by atoms with Gasteiger partial charge in [-0.3, -0.25) is 0 Å². The summed E-state index contributed by atoms with van der Waals surface area (Å²) < 4.78 is 5.22. The van der Waals surface area contributed by atoms with Gasteiger partial charge in [0.05, 0.1) is 6.04 Å². The number of carbonyl (C=O) groups is 1. The lowest BCUT2D eigenvalue weighted by molar-refractivity contribution is 0.0108. The van der Waals surface area contributed by atoms with Crippen LogP contribution in [0.5, 0.6) is 0 Å². The quantitative estimate of drug-likeness (QED) is 0.598. The van der Waals surface area contributed by atoms with Crippen LogP contribution in [0.3, 0.4) is 0 Å². The summed E-state index contributed by atoms with van der Waals surface area (Å²) >= 11 is 0. The molecular formula is C9H16N2O2. The Morgan fingerprint density at radius 3 is 2.46 bits per heavy atom. The van der Waals surface area contributed by atoms with Crippen LogP contribution in [-0.4, -0.2) is 35.2 Å². The van der Waals surface area contributed by atoms with E-state index in [1.54, 1.807) is 4.90 Å². The molecule has 4 heteroatoms. The van der Waals surface area contributed by atoms with Gasteiger partial charge in [0.15, 0.2) is 0 Å². The number of ether oxygens (including phenoxy) is 1. The van der Waals surface area contributed by atoms with E-state index >= 15 is 0 Å². The predicted molar refractivity (Wildman–Crippen MR) is 48.2 cm³/mol. The largest absolute Gasteiger partial charge is 0.444 e. The second-order valence-electron chi connectivity index (χ2n) is 4.86. The molecule has 2 aliphatic rings. The van der Waals surface area contributed by atoms with Crippen LogP contribution < -0.4 is 5.73 Å². The zero-order valence-electron chi connectivity index (χ0n) is 8.28. The predicted octanol–water partition coefficient (Wildman–Crippen LogP) is 0.563. The summed E-state index contributed by atoms with van der Waals surface area (Å²) in [5.41, 5.74) is 5.31. The molecule has 1 amide bonds. The summed E-state index contributed by atoms with van der Waals surface area (Å²) in [7, 11) is 0. The summed E-state index contributed by atoms with van der Waals surface area (Å²) in [5, 5.41) is 0. The van der Waals surface area contributed by atoms with Gasteiger partial charge in [-0.1, -0.05) is 0 Å². The molecule has 0 aromatic rings. The van der Waals surface area contributed by atoms with Gasteiger partial charge in [-0.25, -0.2) is 4.79 Å². The fourth-order valence-electron chi connectivity index (χ4n) is 1.78. The lowest BCUT2D eigenvalue weighted by Crippen LogP contribution is -2.46. The molecule has 0 aromatic carbocycles. The molecule has 0 spiro atoms. The number of nitrogens with two attached hydrogens (primary N) is 1. The molecule has 1 aliphatic heterocycles. The summed E-state index contributed by atoms with van der Waals surface area (Å²) in [6, 6.07) is 0.474. The van der Waals surface area contributed by atoms with Gasteiger partial charge in [-0.2, -0.15) is 0 Å². The van der Waals surface area contributed by atoms with E-state index in [9.17, 15) is 4.79 Å². The van der Waals surface area contributed by atoms with Crippen LogP contribution in [0, 0.1) is 5.92 Å². The number of nitrogens with zero attached hydrogens (tertiary/aromatic N) is 1. The first-order valence-electron chi connectivity index (χ1n) is 4.65. The van der Waals surface area contributed by atoms with Crippen LogP contribution >= 0.6 is 0 Å². The molecule has 1 heterocycles. The molecule has 13 heavy (non-hydrogen) atoms. The number of rotatable bonds is 0. The van der Waals surface area contributed by atoms with E-state index in [1.807, 2.05) is 20.8 Å². The van der Waals surface area contributed by atoms with Gasteiger partial charge < -0.3 is 15.4 Å². The van der Waals surface area contributed by atoms with Gasteiger partial charge in [0, 0.05) is 18.5 Å². The summed E-state index contributed by atoms with van der Waals surface area (Å²) in [6.07, 6.45) is -0.221. The van der Waals surface area contributed by atoms with Crippen molar-refractivity contribution < 1.29 is 9.53 Å². The molecule has 4 nitrogen and oxygen atoms in total. The van der Waals surface area contributed by atoms with Gasteiger partial charge in [0.2, 0.25) is 0 Å². The number of amides is 1. The monoisotopic (exact) mass is 184 g/mol. The van der Waals surface area contributed by atoms with Crippen molar-refractivity contribution in [3.8, 4) is 0 Å². The van der Waals surface area contributed by atoms with Crippen molar-refractivity contribution >= 4 is 6.09 Å². The van der Waals surface area contributed by atoms with Crippen molar-refractivity contribution in [2.24, 2.45) is 11.7 Å². The molecule has 1 saturated carbocycles. The Morgan fingerprint density at radius 2 is 2.15 bits per heavy atom. The lowest BCUT2D eigenvalue weighted by atomic mass is 10.2. The van der Waals surface area contributed by atoms with Gasteiger partial charge in [-0.05, 0) is 20.8 Å². The van der Waals surface area contributed by atoms with E-state index in [0.717, 1.165) is 6.54 Å². The van der Waals surface area contributed by atoms with Crippen molar-refractivity contribution in [2.45, 2.75) is 38.5 Å². The second-order valence-corrected chi connectivity index (χ2v) is 4.86. The van der Waals surface area contributed by atoms with Crippen LogP contribution in [0.2, 0.25) is 0 Å². The highest BCUT2D eigenvalue weighted by Gasteiger charge is 2.62. The SMILES string of the molecule is CC(C)(C)OC(=O)N1C[C@@H]2[C@@H](N)[C@@H]21.